The highest BCUT2D eigenvalue weighted by atomic mass is 28.4. The number of hydrogen-bond donors (Lipinski definition) is 0. The molecule has 356 valence electrons. The molecule has 0 spiro atoms. The van der Waals surface area contributed by atoms with E-state index in [1.807, 2.05) is 67.6 Å². The second-order valence-corrected chi connectivity index (χ2v) is 24.7. The molecule has 0 radical (unpaired) electrons. The van der Waals surface area contributed by atoms with Crippen molar-refractivity contribution >= 4 is 20.1 Å². The molecule has 64 heavy (non-hydrogen) atoms. The summed E-state index contributed by atoms with van der Waals surface area (Å²) in [7, 11) is 1.44. The van der Waals surface area contributed by atoms with Gasteiger partial charge in [-0.1, -0.05) is 104 Å². The van der Waals surface area contributed by atoms with Crippen LogP contribution in [0.25, 0.3) is 0 Å². The van der Waals surface area contributed by atoms with Gasteiger partial charge in [0.1, 0.15) is 23.4 Å². The molecule has 0 amide bonds. The van der Waals surface area contributed by atoms with Crippen molar-refractivity contribution in [2.45, 2.75) is 169 Å². The van der Waals surface area contributed by atoms with Crippen LogP contribution in [0.4, 0.5) is 0 Å². The highest BCUT2D eigenvalue weighted by molar-refractivity contribution is 6.74. The molecule has 0 aromatic heterocycles. The van der Waals surface area contributed by atoms with Gasteiger partial charge >= 0.3 is 5.97 Å². The predicted octanol–water partition coefficient (Wildman–Crippen LogP) is 13.9. The van der Waals surface area contributed by atoms with Crippen LogP contribution in [-0.4, -0.2) is 58.7 Å². The summed E-state index contributed by atoms with van der Waals surface area (Å²) >= 11 is 0. The first-order valence-corrected chi connectivity index (χ1v) is 26.8. The summed E-state index contributed by atoms with van der Waals surface area (Å²) in [5, 5.41) is 0.155. The molecule has 0 aliphatic rings. The van der Waals surface area contributed by atoms with Crippen molar-refractivity contribution in [3.8, 4) is 11.5 Å². The molecule has 0 N–H and O–H groups in total. The Morgan fingerprint density at radius 1 is 0.625 bits per heavy atom. The molecule has 3 aromatic carbocycles. The summed E-state index contributed by atoms with van der Waals surface area (Å²) in [4.78, 5) is 26.8. The van der Waals surface area contributed by atoms with Crippen molar-refractivity contribution in [2.75, 3.05) is 14.2 Å². The van der Waals surface area contributed by atoms with Crippen molar-refractivity contribution in [3.63, 3.8) is 0 Å². The monoisotopic (exact) mass is 901 g/mol. The summed E-state index contributed by atoms with van der Waals surface area (Å²) in [5.74, 6) is 2.38. The second-order valence-electron chi connectivity index (χ2n) is 20.0. The fourth-order valence-corrected chi connectivity index (χ4v) is 9.40. The Morgan fingerprint density at radius 3 is 1.62 bits per heavy atom. The van der Waals surface area contributed by atoms with Crippen LogP contribution in [0.15, 0.2) is 91.5 Å². The third kappa shape index (κ3) is 18.3. The summed E-state index contributed by atoms with van der Waals surface area (Å²) < 4.78 is 37.0. The number of carbonyl (C=O) groups excluding carboxylic acids is 2. The number of methoxy groups -OCH3 is 2. The Morgan fingerprint density at radius 2 is 1.11 bits per heavy atom. The van der Waals surface area contributed by atoms with Crippen molar-refractivity contribution in [1.29, 1.82) is 0 Å². The van der Waals surface area contributed by atoms with Gasteiger partial charge in [-0.25, -0.2) is 4.79 Å². The van der Waals surface area contributed by atoms with E-state index in [0.29, 0.717) is 44.0 Å². The number of rotatable bonds is 30. The lowest BCUT2D eigenvalue weighted by atomic mass is 9.84. The van der Waals surface area contributed by atoms with Crippen LogP contribution in [0.5, 0.6) is 11.5 Å². The molecule has 0 aliphatic carbocycles. The van der Waals surface area contributed by atoms with E-state index in [1.54, 1.807) is 26.4 Å². The first kappa shape index (κ1) is 54.6. The standard InChI is InChI=1S/C55H84O8Si/c1-15-39(2)52(62-54(57)47-19-17-16-18-20-47)36-24-43(6)53(61-38-46-27-33-50(59-12)34-28-46)42(5)22-30-48(56)29-21-41(4)51(60-37-45-25-31-49(58-11)32-26-45)35-23-40(3)44(7)63-64(13,14)55(8,9)10/h15-20,25-28,31-34,39-44,51-53H,1,21-24,29-30,35-38H2,2-14H3/t39-,40+,41-,42+,43-,44-,51-,52+,53+/m1/s1. The third-order valence-electron chi connectivity index (χ3n) is 13.9. The van der Waals surface area contributed by atoms with Crippen molar-refractivity contribution in [1.82, 2.24) is 0 Å². The smallest absolute Gasteiger partial charge is 0.338 e. The van der Waals surface area contributed by atoms with Gasteiger partial charge in [0, 0.05) is 24.9 Å². The molecule has 0 heterocycles. The summed E-state index contributed by atoms with van der Waals surface area (Å²) in [5.41, 5.74) is 2.69. The SMILES string of the molecule is C=C[C@@H](C)[C@H](CC[C@@H](C)[C@@H](OCc1ccc(OC)cc1)[C@@H](C)CCC(=O)CC[C@@H](C)[C@@H](CC[C@H](C)[C@@H](C)O[Si](C)(C)C(C)(C)C)OCc1ccc(OC)cc1)OC(=O)c1ccccc1. The Labute approximate surface area is 389 Å². The molecule has 0 fully saturated rings. The average molecular weight is 901 g/mol. The molecule has 0 unspecified atom stereocenters. The zero-order valence-corrected chi connectivity index (χ0v) is 42.8. The zero-order chi connectivity index (χ0) is 47.5. The Kier molecular flexibility index (Phi) is 23.0. The van der Waals surface area contributed by atoms with Crippen LogP contribution < -0.4 is 9.47 Å². The Bertz CT molecular complexity index is 1790. The van der Waals surface area contributed by atoms with Crippen molar-refractivity contribution in [2.24, 2.45) is 29.6 Å². The van der Waals surface area contributed by atoms with Gasteiger partial charge in [-0.2, -0.15) is 0 Å². The fraction of sp³-hybridized carbons (Fsp3) is 0.600. The maximum atomic E-state index is 13.7. The van der Waals surface area contributed by atoms with Crippen LogP contribution in [-0.2, 0) is 36.6 Å². The van der Waals surface area contributed by atoms with Crippen molar-refractivity contribution in [3.05, 3.63) is 108 Å². The lowest BCUT2D eigenvalue weighted by Gasteiger charge is -2.40. The summed E-state index contributed by atoms with van der Waals surface area (Å²) in [6.07, 6.45) is 7.41. The number of ketones is 1. The quantitative estimate of drug-likeness (QED) is 0.0371. The molecular formula is C55H84O8Si. The highest BCUT2D eigenvalue weighted by Gasteiger charge is 2.39. The largest absolute Gasteiger partial charge is 0.497 e. The summed E-state index contributed by atoms with van der Waals surface area (Å²) in [6, 6.07) is 25.1. The van der Waals surface area contributed by atoms with Gasteiger partial charge in [0.05, 0.1) is 45.2 Å². The van der Waals surface area contributed by atoms with Crippen LogP contribution in [0.3, 0.4) is 0 Å². The molecule has 8 nitrogen and oxygen atoms in total. The normalized spacial score (nSPS) is 16.3. The number of carbonyl (C=O) groups is 2. The van der Waals surface area contributed by atoms with E-state index in [4.69, 9.17) is 28.1 Å². The summed E-state index contributed by atoms with van der Waals surface area (Å²) in [6.45, 7) is 29.7. The minimum absolute atomic E-state index is 0.00697. The van der Waals surface area contributed by atoms with Gasteiger partial charge in [-0.15, -0.1) is 6.58 Å². The van der Waals surface area contributed by atoms with Gasteiger partial charge in [0.2, 0.25) is 0 Å². The molecule has 0 saturated heterocycles. The average Bonchev–Trinajstić information content (AvgIpc) is 3.28. The molecule has 3 aromatic rings. The number of hydrogen-bond acceptors (Lipinski definition) is 8. The van der Waals surface area contributed by atoms with Crippen molar-refractivity contribution < 1.29 is 37.7 Å². The second kappa shape index (κ2) is 27.0. The Hall–Kier alpha value is -3.76. The zero-order valence-electron chi connectivity index (χ0n) is 41.8. The van der Waals surface area contributed by atoms with E-state index < -0.39 is 8.32 Å². The lowest BCUT2D eigenvalue weighted by molar-refractivity contribution is -0.120. The number of ether oxygens (including phenoxy) is 5. The van der Waals surface area contributed by atoms with Crippen LogP contribution in [0, 0.1) is 29.6 Å². The molecule has 0 bridgehead atoms. The number of benzene rings is 3. The van der Waals surface area contributed by atoms with Gasteiger partial charge in [0.15, 0.2) is 8.32 Å². The molecule has 0 saturated carbocycles. The molecule has 3 rings (SSSR count). The first-order chi connectivity index (χ1) is 30.3. The van der Waals surface area contributed by atoms with Gasteiger partial charge in [-0.3, -0.25) is 4.79 Å². The van der Waals surface area contributed by atoms with Gasteiger partial charge < -0.3 is 28.1 Å². The van der Waals surface area contributed by atoms with Gasteiger partial charge in [-0.05, 0) is 135 Å². The molecule has 0 aliphatic heterocycles. The minimum atomic E-state index is -1.90. The van der Waals surface area contributed by atoms with Crippen LogP contribution in [0.1, 0.15) is 135 Å². The minimum Gasteiger partial charge on any atom is -0.497 e. The maximum absolute atomic E-state index is 13.7. The topological polar surface area (TPSA) is 89.5 Å². The van der Waals surface area contributed by atoms with E-state index in [1.165, 1.54) is 0 Å². The van der Waals surface area contributed by atoms with Crippen LogP contribution >= 0.6 is 0 Å². The fourth-order valence-electron chi connectivity index (χ4n) is 7.88. The van der Waals surface area contributed by atoms with E-state index in [2.05, 4.69) is 87.2 Å². The number of esters is 1. The highest BCUT2D eigenvalue weighted by Crippen LogP contribution is 2.39. The number of Topliss-reactive ketones (excluding diaryl/α,β-unsaturated/α-hetero) is 1. The maximum Gasteiger partial charge on any atom is 0.338 e. The van der Waals surface area contributed by atoms with Crippen LogP contribution in [0.2, 0.25) is 18.1 Å². The van der Waals surface area contributed by atoms with Gasteiger partial charge in [0.25, 0.3) is 0 Å². The third-order valence-corrected chi connectivity index (χ3v) is 18.4. The predicted molar refractivity (Wildman–Crippen MR) is 264 cm³/mol. The lowest BCUT2D eigenvalue weighted by Crippen LogP contribution is -2.44. The molecule has 9 atom stereocenters. The Balaban J connectivity index is 1.66. The van der Waals surface area contributed by atoms with E-state index >= 15 is 0 Å². The van der Waals surface area contributed by atoms with E-state index in [0.717, 1.165) is 54.7 Å². The molecular weight excluding hydrogens is 817 g/mol. The van der Waals surface area contributed by atoms with E-state index in [-0.39, 0.29) is 64.9 Å². The molecule has 9 heteroatoms. The van der Waals surface area contributed by atoms with E-state index in [9.17, 15) is 9.59 Å². The first-order valence-electron chi connectivity index (χ1n) is 23.9.